The zero-order valence-corrected chi connectivity index (χ0v) is 20.1. The summed E-state index contributed by atoms with van der Waals surface area (Å²) < 4.78 is 25.6. The molecular weight excluding hydrogens is 498 g/mol. The number of hydrogen-bond donors (Lipinski definition) is 3. The van der Waals surface area contributed by atoms with Gasteiger partial charge in [0.05, 0.1) is 9.47 Å². The number of aromatic nitrogens is 1. The van der Waals surface area contributed by atoms with Gasteiger partial charge in [0.2, 0.25) is 15.7 Å². The van der Waals surface area contributed by atoms with Crippen LogP contribution in [-0.2, 0) is 20.0 Å². The number of sulfone groups is 1. The number of thiophene rings is 1. The quantitative estimate of drug-likeness (QED) is 0.449. The fourth-order valence-corrected chi connectivity index (χ4v) is 8.64. The van der Waals surface area contributed by atoms with Gasteiger partial charge in [0.1, 0.15) is 10.1 Å². The van der Waals surface area contributed by atoms with E-state index >= 15 is 0 Å². The number of nitrogens with two attached hydrogens (primary N) is 1. The second kappa shape index (κ2) is 7.72. The predicted octanol–water partition coefficient (Wildman–Crippen LogP) is 4.77. The molecule has 3 saturated carbocycles. The number of fused-ring (bicyclic) bond motifs is 4. The van der Waals surface area contributed by atoms with E-state index < -0.39 is 15.7 Å². The van der Waals surface area contributed by atoms with E-state index in [1.807, 2.05) is 12.1 Å². The minimum Gasteiger partial charge on any atom is -0.358 e. The average Bonchev–Trinajstić information content (AvgIpc) is 3.38. The number of nitrogens with one attached hydrogen (secondary N) is 2. The summed E-state index contributed by atoms with van der Waals surface area (Å²) in [5, 5.41) is 4.10. The lowest BCUT2D eigenvalue weighted by Crippen LogP contribution is -2.50. The van der Waals surface area contributed by atoms with Crippen molar-refractivity contribution in [3.05, 3.63) is 45.9 Å². The maximum atomic E-state index is 13.6. The maximum absolute atomic E-state index is 13.6. The van der Waals surface area contributed by atoms with Crippen molar-refractivity contribution in [1.82, 2.24) is 4.98 Å². The first-order chi connectivity index (χ1) is 14.8. The van der Waals surface area contributed by atoms with Crippen LogP contribution in [0.2, 0.25) is 0 Å². The summed E-state index contributed by atoms with van der Waals surface area (Å²) in [6.07, 6.45) is 4.99. The zero-order valence-electron chi connectivity index (χ0n) is 16.9. The SMILES string of the molecule is NCS(=O)(=O)c1sc(Br)cc1NC(=O)[C@H]1CC2CCC1(c1cc3ccccc3[nH]1)CC2. The molecule has 1 amide bonds. The van der Waals surface area contributed by atoms with Crippen molar-refractivity contribution in [3.8, 4) is 0 Å². The second-order valence-corrected chi connectivity index (χ2v) is 13.3. The lowest BCUT2D eigenvalue weighted by molar-refractivity contribution is -0.126. The molecule has 6 nitrogen and oxygen atoms in total. The fourth-order valence-electron chi connectivity index (χ4n) is 5.45. The third kappa shape index (κ3) is 3.55. The van der Waals surface area contributed by atoms with E-state index in [2.05, 4.69) is 44.4 Å². The van der Waals surface area contributed by atoms with Crippen molar-refractivity contribution in [2.45, 2.75) is 41.7 Å². The third-order valence-corrected chi connectivity index (χ3v) is 10.7. The Morgan fingerprint density at radius 1 is 1.26 bits per heavy atom. The standard InChI is InChI=1S/C22H24BrN3O3S2/c23-19-11-17(21(30-19)31(28,29)12-24)26-20(27)15-9-13-5-7-22(15,8-6-13)18-10-14-3-1-2-4-16(14)25-18/h1-4,10-11,13,15,25H,5-9,12,24H2,(H,26,27)/t13?,15-,22?/m1/s1. The molecule has 4 N–H and O–H groups in total. The Morgan fingerprint density at radius 2 is 2.00 bits per heavy atom. The minimum absolute atomic E-state index is 0.107. The molecule has 9 heteroatoms. The maximum Gasteiger partial charge on any atom is 0.228 e. The van der Waals surface area contributed by atoms with E-state index in [9.17, 15) is 13.2 Å². The summed E-state index contributed by atoms with van der Waals surface area (Å²) in [4.78, 5) is 17.1. The number of H-pyrrole nitrogens is 1. The number of hydrogen-bond acceptors (Lipinski definition) is 5. The molecule has 0 aliphatic heterocycles. The van der Waals surface area contributed by atoms with Crippen LogP contribution < -0.4 is 11.1 Å². The molecule has 0 radical (unpaired) electrons. The molecule has 0 spiro atoms. The molecular formula is C22H24BrN3O3S2. The first-order valence-electron chi connectivity index (χ1n) is 10.4. The van der Waals surface area contributed by atoms with Crippen molar-refractivity contribution < 1.29 is 13.2 Å². The number of benzene rings is 1. The summed E-state index contributed by atoms with van der Waals surface area (Å²) in [6.45, 7) is 0. The van der Waals surface area contributed by atoms with Gasteiger partial charge in [0.15, 0.2) is 0 Å². The van der Waals surface area contributed by atoms with E-state index in [-0.39, 0.29) is 21.4 Å². The lowest BCUT2D eigenvalue weighted by Gasteiger charge is -2.51. The van der Waals surface area contributed by atoms with Crippen LogP contribution >= 0.6 is 27.3 Å². The van der Waals surface area contributed by atoms with Crippen LogP contribution in [0.1, 0.15) is 37.8 Å². The Balaban J connectivity index is 1.51. The number of amides is 1. The molecule has 1 aromatic carbocycles. The van der Waals surface area contributed by atoms with Crippen LogP contribution in [0.3, 0.4) is 0 Å². The Hall–Kier alpha value is -1.68. The summed E-state index contributed by atoms with van der Waals surface area (Å²) >= 11 is 4.42. The molecule has 3 fully saturated rings. The van der Waals surface area contributed by atoms with Gasteiger partial charge in [-0.2, -0.15) is 0 Å². The number of rotatable bonds is 5. The topological polar surface area (TPSA) is 105 Å². The van der Waals surface area contributed by atoms with Gasteiger partial charge in [-0.25, -0.2) is 8.42 Å². The van der Waals surface area contributed by atoms with E-state index in [0.29, 0.717) is 15.4 Å². The smallest absolute Gasteiger partial charge is 0.228 e. The number of aromatic amines is 1. The molecule has 164 valence electrons. The summed E-state index contributed by atoms with van der Waals surface area (Å²) in [7, 11) is -3.63. The molecule has 2 heterocycles. The molecule has 31 heavy (non-hydrogen) atoms. The molecule has 0 saturated heterocycles. The first-order valence-corrected chi connectivity index (χ1v) is 13.7. The van der Waals surface area contributed by atoms with Crippen molar-refractivity contribution in [3.63, 3.8) is 0 Å². The number of halogens is 1. The summed E-state index contributed by atoms with van der Waals surface area (Å²) in [5.74, 6) is -0.265. The average molecular weight is 522 g/mol. The van der Waals surface area contributed by atoms with Crippen LogP contribution in [0.4, 0.5) is 5.69 Å². The summed E-state index contributed by atoms with van der Waals surface area (Å²) in [6, 6.07) is 12.0. The van der Waals surface area contributed by atoms with Crippen LogP contribution in [-0.4, -0.2) is 25.2 Å². The van der Waals surface area contributed by atoms with E-state index in [4.69, 9.17) is 5.73 Å². The predicted molar refractivity (Wildman–Crippen MR) is 127 cm³/mol. The normalized spacial score (nSPS) is 25.7. The van der Waals surface area contributed by atoms with E-state index in [0.717, 1.165) is 60.0 Å². The molecule has 2 bridgehead atoms. The van der Waals surface area contributed by atoms with Gasteiger partial charge >= 0.3 is 0 Å². The van der Waals surface area contributed by atoms with Crippen molar-refractivity contribution >= 4 is 59.6 Å². The molecule has 1 atom stereocenters. The molecule has 3 aliphatic rings. The minimum atomic E-state index is -3.63. The van der Waals surface area contributed by atoms with E-state index in [1.165, 1.54) is 0 Å². The Labute approximate surface area is 193 Å². The molecule has 6 rings (SSSR count). The van der Waals surface area contributed by atoms with Gasteiger partial charge in [-0.05, 0) is 77.5 Å². The largest absolute Gasteiger partial charge is 0.358 e. The van der Waals surface area contributed by atoms with Crippen molar-refractivity contribution in [1.29, 1.82) is 0 Å². The van der Waals surface area contributed by atoms with Gasteiger partial charge in [-0.3, -0.25) is 4.79 Å². The highest BCUT2D eigenvalue weighted by molar-refractivity contribution is 9.11. The highest BCUT2D eigenvalue weighted by Gasteiger charge is 2.52. The van der Waals surface area contributed by atoms with E-state index in [1.54, 1.807) is 6.07 Å². The zero-order chi connectivity index (χ0) is 21.8. The van der Waals surface area contributed by atoms with Crippen LogP contribution in [0.15, 0.2) is 44.4 Å². The van der Waals surface area contributed by atoms with Crippen LogP contribution in [0, 0.1) is 11.8 Å². The Morgan fingerprint density at radius 3 is 2.71 bits per heavy atom. The van der Waals surface area contributed by atoms with Gasteiger partial charge in [0, 0.05) is 22.5 Å². The Bertz CT molecular complexity index is 1220. The van der Waals surface area contributed by atoms with Gasteiger partial charge in [0.25, 0.3) is 0 Å². The monoisotopic (exact) mass is 521 g/mol. The van der Waals surface area contributed by atoms with Crippen LogP contribution in [0.25, 0.3) is 10.9 Å². The molecule has 2 aromatic heterocycles. The second-order valence-electron chi connectivity index (χ2n) is 8.68. The number of carbonyl (C=O) groups is 1. The number of carbonyl (C=O) groups excluding carboxylic acids is 1. The highest BCUT2D eigenvalue weighted by atomic mass is 79.9. The molecule has 3 aromatic rings. The lowest BCUT2D eigenvalue weighted by atomic mass is 9.53. The fraction of sp³-hybridized carbons (Fsp3) is 0.409. The number of anilines is 1. The molecule has 3 aliphatic carbocycles. The van der Waals surface area contributed by atoms with Crippen LogP contribution in [0.5, 0.6) is 0 Å². The van der Waals surface area contributed by atoms with Gasteiger partial charge in [-0.1, -0.05) is 18.2 Å². The van der Waals surface area contributed by atoms with Gasteiger partial charge in [-0.15, -0.1) is 11.3 Å². The van der Waals surface area contributed by atoms with Crippen molar-refractivity contribution in [2.75, 3.05) is 11.2 Å². The Kier molecular flexibility index (Phi) is 5.28. The first kappa shape index (κ1) is 21.2. The summed E-state index contributed by atoms with van der Waals surface area (Å²) in [5.41, 5.74) is 7.73. The highest BCUT2D eigenvalue weighted by Crippen LogP contribution is 2.55. The molecule has 0 unspecified atom stereocenters. The number of para-hydroxylation sites is 1. The van der Waals surface area contributed by atoms with Gasteiger partial charge < -0.3 is 16.0 Å². The third-order valence-electron chi connectivity index (χ3n) is 7.04. The van der Waals surface area contributed by atoms with Crippen molar-refractivity contribution in [2.24, 2.45) is 17.6 Å².